The molecule has 0 aliphatic heterocycles. The van der Waals surface area contributed by atoms with E-state index in [0.717, 1.165) is 25.1 Å². The van der Waals surface area contributed by atoms with Gasteiger partial charge in [-0.15, -0.1) is 0 Å². The number of nitrogens with two attached hydrogens (primary N) is 1. The van der Waals surface area contributed by atoms with Gasteiger partial charge in [0.1, 0.15) is 5.75 Å². The lowest BCUT2D eigenvalue weighted by Crippen LogP contribution is -2.15. The second kappa shape index (κ2) is 5.95. The van der Waals surface area contributed by atoms with Gasteiger partial charge in [-0.05, 0) is 38.7 Å². The highest BCUT2D eigenvalue weighted by Gasteiger charge is 2.30. The topological polar surface area (TPSA) is 38.5 Å². The van der Waals surface area contributed by atoms with Gasteiger partial charge in [0.2, 0.25) is 0 Å². The Bertz CT molecular complexity index is 391. The molecule has 1 aromatic carbocycles. The third kappa shape index (κ3) is 4.44. The van der Waals surface area contributed by atoms with Crippen LogP contribution in [0.5, 0.6) is 5.75 Å². The van der Waals surface area contributed by atoms with Crippen molar-refractivity contribution in [3.05, 3.63) is 23.8 Å². The van der Waals surface area contributed by atoms with Crippen LogP contribution in [0.1, 0.15) is 12.0 Å². The molecular formula is C12H17F3N2O. The van der Waals surface area contributed by atoms with E-state index in [1.807, 2.05) is 19.0 Å². The average molecular weight is 262 g/mol. The van der Waals surface area contributed by atoms with Crippen LogP contribution in [-0.4, -0.2) is 32.1 Å². The minimum absolute atomic E-state index is 0.00896. The maximum atomic E-state index is 12.4. The summed E-state index contributed by atoms with van der Waals surface area (Å²) in [5.74, 6) is 0.293. The molecule has 18 heavy (non-hydrogen) atoms. The van der Waals surface area contributed by atoms with E-state index in [-0.39, 0.29) is 5.69 Å². The molecule has 3 nitrogen and oxygen atoms in total. The van der Waals surface area contributed by atoms with Crippen LogP contribution in [0.4, 0.5) is 18.9 Å². The van der Waals surface area contributed by atoms with E-state index in [1.165, 1.54) is 6.07 Å². The third-order valence-corrected chi connectivity index (χ3v) is 2.34. The van der Waals surface area contributed by atoms with Crippen LogP contribution in [0.15, 0.2) is 18.2 Å². The van der Waals surface area contributed by atoms with Gasteiger partial charge in [-0.3, -0.25) is 0 Å². The monoisotopic (exact) mass is 262 g/mol. The van der Waals surface area contributed by atoms with Gasteiger partial charge in [0.25, 0.3) is 0 Å². The molecule has 0 heterocycles. The van der Waals surface area contributed by atoms with Crippen molar-refractivity contribution in [3.8, 4) is 5.75 Å². The van der Waals surface area contributed by atoms with Crippen molar-refractivity contribution >= 4 is 5.69 Å². The van der Waals surface area contributed by atoms with Crippen LogP contribution in [-0.2, 0) is 6.18 Å². The molecule has 0 amide bonds. The standard InChI is InChI=1S/C12H17F3N2O/c1-17(2)6-3-7-18-11-5-4-9(8-10(11)16)12(13,14)15/h4-5,8H,3,6-7,16H2,1-2H3. The van der Waals surface area contributed by atoms with Crippen molar-refractivity contribution in [1.82, 2.24) is 4.90 Å². The number of hydrogen-bond acceptors (Lipinski definition) is 3. The van der Waals surface area contributed by atoms with Crippen LogP contribution >= 0.6 is 0 Å². The minimum Gasteiger partial charge on any atom is -0.491 e. The molecule has 1 aromatic rings. The van der Waals surface area contributed by atoms with Gasteiger partial charge in [-0.25, -0.2) is 0 Å². The molecular weight excluding hydrogens is 245 g/mol. The van der Waals surface area contributed by atoms with Crippen molar-refractivity contribution in [2.24, 2.45) is 0 Å². The fourth-order valence-corrected chi connectivity index (χ4v) is 1.42. The zero-order valence-electron chi connectivity index (χ0n) is 10.4. The molecule has 0 fully saturated rings. The first-order valence-corrected chi connectivity index (χ1v) is 5.55. The second-order valence-electron chi connectivity index (χ2n) is 4.26. The molecule has 0 aromatic heterocycles. The van der Waals surface area contributed by atoms with Gasteiger partial charge in [-0.2, -0.15) is 13.2 Å². The average Bonchev–Trinajstić information content (AvgIpc) is 2.24. The van der Waals surface area contributed by atoms with Crippen molar-refractivity contribution in [3.63, 3.8) is 0 Å². The highest BCUT2D eigenvalue weighted by molar-refractivity contribution is 5.54. The molecule has 0 unspecified atom stereocenters. The molecule has 6 heteroatoms. The Kier molecular flexibility index (Phi) is 4.84. The first-order valence-electron chi connectivity index (χ1n) is 5.55. The summed E-state index contributed by atoms with van der Waals surface area (Å²) in [4.78, 5) is 2.00. The summed E-state index contributed by atoms with van der Waals surface area (Å²) in [7, 11) is 3.87. The summed E-state index contributed by atoms with van der Waals surface area (Å²) < 4.78 is 42.5. The highest BCUT2D eigenvalue weighted by Crippen LogP contribution is 2.33. The molecule has 0 atom stereocenters. The normalized spacial score (nSPS) is 11.9. The van der Waals surface area contributed by atoms with E-state index in [4.69, 9.17) is 10.5 Å². The summed E-state index contributed by atoms with van der Waals surface area (Å²) in [6.07, 6.45) is -3.59. The number of nitrogen functional groups attached to an aromatic ring is 1. The number of hydrogen-bond donors (Lipinski definition) is 1. The predicted octanol–water partition coefficient (Wildman–Crippen LogP) is 2.62. The van der Waals surface area contributed by atoms with E-state index >= 15 is 0 Å². The number of nitrogens with zero attached hydrogens (tertiary/aromatic N) is 1. The van der Waals surface area contributed by atoms with Gasteiger partial charge in [0.15, 0.2) is 0 Å². The molecule has 102 valence electrons. The van der Waals surface area contributed by atoms with Crippen LogP contribution in [0, 0.1) is 0 Å². The van der Waals surface area contributed by atoms with Gasteiger partial charge in [0, 0.05) is 6.54 Å². The second-order valence-corrected chi connectivity index (χ2v) is 4.26. The number of rotatable bonds is 5. The van der Waals surface area contributed by atoms with E-state index < -0.39 is 11.7 Å². The van der Waals surface area contributed by atoms with E-state index in [9.17, 15) is 13.2 Å². The Morgan fingerprint density at radius 2 is 1.94 bits per heavy atom. The maximum absolute atomic E-state index is 12.4. The van der Waals surface area contributed by atoms with Crippen LogP contribution in [0.25, 0.3) is 0 Å². The van der Waals surface area contributed by atoms with Gasteiger partial charge in [0.05, 0.1) is 17.9 Å². The van der Waals surface area contributed by atoms with Gasteiger partial charge in [-0.1, -0.05) is 0 Å². The summed E-state index contributed by atoms with van der Waals surface area (Å²) in [6.45, 7) is 1.27. The van der Waals surface area contributed by atoms with Crippen LogP contribution in [0.3, 0.4) is 0 Å². The van der Waals surface area contributed by atoms with Crippen LogP contribution < -0.4 is 10.5 Å². The SMILES string of the molecule is CN(C)CCCOc1ccc(C(F)(F)F)cc1N. The minimum atomic E-state index is -4.38. The molecule has 2 N–H and O–H groups in total. The zero-order chi connectivity index (χ0) is 13.8. The zero-order valence-corrected chi connectivity index (χ0v) is 10.4. The summed E-state index contributed by atoms with van der Waals surface area (Å²) in [5, 5.41) is 0. The number of alkyl halides is 3. The van der Waals surface area contributed by atoms with Crippen molar-refractivity contribution in [1.29, 1.82) is 0 Å². The lowest BCUT2D eigenvalue weighted by Gasteiger charge is -2.13. The quantitative estimate of drug-likeness (QED) is 0.655. The Morgan fingerprint density at radius 1 is 1.28 bits per heavy atom. The van der Waals surface area contributed by atoms with E-state index in [1.54, 1.807) is 0 Å². The lowest BCUT2D eigenvalue weighted by molar-refractivity contribution is -0.137. The summed E-state index contributed by atoms with van der Waals surface area (Å²) in [5.41, 5.74) is 4.77. The summed E-state index contributed by atoms with van der Waals surface area (Å²) in [6, 6.07) is 3.12. The molecule has 1 rings (SSSR count). The molecule has 0 aliphatic rings. The molecule has 0 radical (unpaired) electrons. The van der Waals surface area contributed by atoms with Gasteiger partial charge < -0.3 is 15.4 Å². The highest BCUT2D eigenvalue weighted by atomic mass is 19.4. The number of benzene rings is 1. The Labute approximate surface area is 104 Å². The van der Waals surface area contributed by atoms with Crippen LogP contribution in [0.2, 0.25) is 0 Å². The lowest BCUT2D eigenvalue weighted by atomic mass is 10.2. The number of halogens is 3. The first-order chi connectivity index (χ1) is 8.30. The first kappa shape index (κ1) is 14.6. The fourth-order valence-electron chi connectivity index (χ4n) is 1.42. The molecule has 0 spiro atoms. The number of ether oxygens (including phenoxy) is 1. The van der Waals surface area contributed by atoms with Crippen molar-refractivity contribution in [2.45, 2.75) is 12.6 Å². The summed E-state index contributed by atoms with van der Waals surface area (Å²) >= 11 is 0. The van der Waals surface area contributed by atoms with E-state index in [2.05, 4.69) is 0 Å². The largest absolute Gasteiger partial charge is 0.491 e. The number of anilines is 1. The van der Waals surface area contributed by atoms with Gasteiger partial charge >= 0.3 is 6.18 Å². The smallest absolute Gasteiger partial charge is 0.416 e. The molecule has 0 saturated heterocycles. The molecule has 0 bridgehead atoms. The molecule has 0 aliphatic carbocycles. The fraction of sp³-hybridized carbons (Fsp3) is 0.500. The Balaban J connectivity index is 2.58. The predicted molar refractivity (Wildman–Crippen MR) is 64.5 cm³/mol. The van der Waals surface area contributed by atoms with E-state index in [0.29, 0.717) is 12.4 Å². The third-order valence-electron chi connectivity index (χ3n) is 2.34. The Morgan fingerprint density at radius 3 is 2.44 bits per heavy atom. The maximum Gasteiger partial charge on any atom is 0.416 e. The van der Waals surface area contributed by atoms with Crippen molar-refractivity contribution in [2.75, 3.05) is 33.0 Å². The molecule has 0 saturated carbocycles. The Hall–Kier alpha value is -1.43. The van der Waals surface area contributed by atoms with Crippen molar-refractivity contribution < 1.29 is 17.9 Å².